The number of nitrogens with one attached hydrogen (secondary N) is 4. The molecular weight excluding hydrogens is 481 g/mol. The summed E-state index contributed by atoms with van der Waals surface area (Å²) in [6, 6.07) is 21.8. The van der Waals surface area contributed by atoms with E-state index in [1.807, 2.05) is 48.5 Å². The number of nitrogens with zero attached hydrogens (tertiary/aromatic N) is 1. The summed E-state index contributed by atoms with van der Waals surface area (Å²) in [5, 5.41) is 12.5. The van der Waals surface area contributed by atoms with E-state index in [2.05, 4.69) is 26.2 Å². The lowest BCUT2D eigenvalue weighted by Crippen LogP contribution is -2.35. The van der Waals surface area contributed by atoms with E-state index in [4.69, 9.17) is 0 Å². The number of carbonyl (C=O) groups excluding carboxylic acids is 2. The van der Waals surface area contributed by atoms with E-state index in [0.717, 1.165) is 67.0 Å². The molecule has 0 unspecified atom stereocenters. The SMILES string of the molecule is O=C(Nc1cccc(CN(Cc2cccc(NC(=O)[C@@H]3CCCN3)c2)c2ccc(F)cc2)c1)[C@@H]1CCCN1. The van der Waals surface area contributed by atoms with Crippen LogP contribution in [0.5, 0.6) is 0 Å². The predicted molar refractivity (Wildman–Crippen MR) is 148 cm³/mol. The first-order valence-corrected chi connectivity index (χ1v) is 13.3. The molecule has 0 bridgehead atoms. The summed E-state index contributed by atoms with van der Waals surface area (Å²) in [6.45, 7) is 2.85. The maximum Gasteiger partial charge on any atom is 0.241 e. The van der Waals surface area contributed by atoms with Gasteiger partial charge in [0.05, 0.1) is 12.1 Å². The van der Waals surface area contributed by atoms with Gasteiger partial charge >= 0.3 is 0 Å². The van der Waals surface area contributed by atoms with Gasteiger partial charge in [0, 0.05) is 30.2 Å². The van der Waals surface area contributed by atoms with Crippen LogP contribution in [0.2, 0.25) is 0 Å². The summed E-state index contributed by atoms with van der Waals surface area (Å²) < 4.78 is 13.7. The number of anilines is 3. The van der Waals surface area contributed by atoms with Crippen molar-refractivity contribution in [2.24, 2.45) is 0 Å². The average molecular weight is 516 g/mol. The Kier molecular flexibility index (Phi) is 8.31. The molecule has 3 aromatic carbocycles. The normalized spacial score (nSPS) is 18.8. The second-order valence-corrected chi connectivity index (χ2v) is 10.0. The van der Waals surface area contributed by atoms with E-state index in [0.29, 0.717) is 13.1 Å². The highest BCUT2D eigenvalue weighted by Gasteiger charge is 2.23. The molecule has 2 heterocycles. The van der Waals surface area contributed by atoms with Gasteiger partial charge in [-0.05, 0) is 98.4 Å². The molecule has 4 N–H and O–H groups in total. The van der Waals surface area contributed by atoms with Crippen LogP contribution in [0.15, 0.2) is 72.8 Å². The zero-order chi connectivity index (χ0) is 26.3. The third kappa shape index (κ3) is 6.76. The van der Waals surface area contributed by atoms with Gasteiger partial charge in [-0.1, -0.05) is 24.3 Å². The van der Waals surface area contributed by atoms with Crippen LogP contribution < -0.4 is 26.2 Å². The number of carbonyl (C=O) groups is 2. The van der Waals surface area contributed by atoms with Gasteiger partial charge in [-0.2, -0.15) is 0 Å². The van der Waals surface area contributed by atoms with Gasteiger partial charge in [-0.25, -0.2) is 4.39 Å². The first-order valence-electron chi connectivity index (χ1n) is 13.3. The molecule has 2 fully saturated rings. The molecule has 38 heavy (non-hydrogen) atoms. The topological polar surface area (TPSA) is 85.5 Å². The molecule has 0 saturated carbocycles. The van der Waals surface area contributed by atoms with E-state index in [1.54, 1.807) is 12.1 Å². The van der Waals surface area contributed by atoms with Crippen LogP contribution in [-0.4, -0.2) is 37.0 Å². The van der Waals surface area contributed by atoms with Crippen LogP contribution in [0.25, 0.3) is 0 Å². The van der Waals surface area contributed by atoms with Crippen molar-refractivity contribution >= 4 is 28.9 Å². The second kappa shape index (κ2) is 12.2. The summed E-state index contributed by atoms with van der Waals surface area (Å²) in [5.74, 6) is -0.312. The molecule has 2 atom stereocenters. The monoisotopic (exact) mass is 515 g/mol. The Morgan fingerprint density at radius 2 is 1.26 bits per heavy atom. The van der Waals surface area contributed by atoms with Crippen LogP contribution in [-0.2, 0) is 22.7 Å². The molecular formula is C30H34FN5O2. The van der Waals surface area contributed by atoms with Gasteiger partial charge in [0.25, 0.3) is 0 Å². The molecule has 0 radical (unpaired) electrons. The van der Waals surface area contributed by atoms with Crippen LogP contribution >= 0.6 is 0 Å². The fraction of sp³-hybridized carbons (Fsp3) is 0.333. The van der Waals surface area contributed by atoms with Gasteiger partial charge < -0.3 is 26.2 Å². The van der Waals surface area contributed by atoms with Crippen molar-refractivity contribution < 1.29 is 14.0 Å². The lowest BCUT2D eigenvalue weighted by molar-refractivity contribution is -0.118. The van der Waals surface area contributed by atoms with Crippen molar-refractivity contribution in [2.75, 3.05) is 28.6 Å². The fourth-order valence-electron chi connectivity index (χ4n) is 5.10. The lowest BCUT2D eigenvalue weighted by Gasteiger charge is -2.26. The van der Waals surface area contributed by atoms with Crippen LogP contribution in [0, 0.1) is 5.82 Å². The molecule has 2 saturated heterocycles. The average Bonchev–Trinajstić information content (AvgIpc) is 3.64. The lowest BCUT2D eigenvalue weighted by atomic mass is 10.1. The standard InChI is InChI=1S/C30H34FN5O2/c31-23-11-13-26(14-12-23)36(19-21-5-1-7-24(17-21)34-29(37)27-9-3-15-32-27)20-22-6-2-8-25(18-22)35-30(38)28-10-4-16-33-28/h1-2,5-8,11-14,17-18,27-28,32-33H,3-4,9-10,15-16,19-20H2,(H,34,37)(H,35,38)/t27-,28-/m0/s1. The minimum Gasteiger partial charge on any atom is -0.363 e. The van der Waals surface area contributed by atoms with Gasteiger partial charge in [-0.15, -0.1) is 0 Å². The van der Waals surface area contributed by atoms with Gasteiger partial charge in [0.2, 0.25) is 11.8 Å². The van der Waals surface area contributed by atoms with Crippen LogP contribution in [0.1, 0.15) is 36.8 Å². The van der Waals surface area contributed by atoms with Gasteiger partial charge in [0.1, 0.15) is 5.82 Å². The predicted octanol–water partition coefficient (Wildman–Crippen LogP) is 4.41. The van der Waals surface area contributed by atoms with Crippen molar-refractivity contribution in [3.63, 3.8) is 0 Å². The number of hydrogen-bond donors (Lipinski definition) is 4. The molecule has 0 spiro atoms. The Hall–Kier alpha value is -3.75. The summed E-state index contributed by atoms with van der Waals surface area (Å²) >= 11 is 0. The zero-order valence-electron chi connectivity index (χ0n) is 21.4. The van der Waals surface area contributed by atoms with E-state index in [1.165, 1.54) is 12.1 Å². The molecule has 0 aliphatic carbocycles. The maximum absolute atomic E-state index is 13.7. The van der Waals surface area contributed by atoms with Crippen LogP contribution in [0.3, 0.4) is 0 Å². The Morgan fingerprint density at radius 1 is 0.763 bits per heavy atom. The third-order valence-corrected chi connectivity index (χ3v) is 7.08. The molecule has 2 amide bonds. The third-order valence-electron chi connectivity index (χ3n) is 7.08. The minimum atomic E-state index is -0.288. The van der Waals surface area contributed by atoms with Crippen molar-refractivity contribution in [3.05, 3.63) is 89.7 Å². The van der Waals surface area contributed by atoms with Crippen LogP contribution in [0.4, 0.5) is 21.5 Å². The molecule has 3 aromatic rings. The molecule has 198 valence electrons. The number of hydrogen-bond acceptors (Lipinski definition) is 5. The molecule has 7 nitrogen and oxygen atoms in total. The van der Waals surface area contributed by atoms with Crippen molar-refractivity contribution in [3.8, 4) is 0 Å². The molecule has 5 rings (SSSR count). The summed E-state index contributed by atoms with van der Waals surface area (Å²) in [7, 11) is 0. The number of benzene rings is 3. The van der Waals surface area contributed by atoms with Crippen molar-refractivity contribution in [2.45, 2.75) is 50.9 Å². The van der Waals surface area contributed by atoms with E-state index >= 15 is 0 Å². The highest BCUT2D eigenvalue weighted by atomic mass is 19.1. The van der Waals surface area contributed by atoms with E-state index in [-0.39, 0.29) is 29.7 Å². The fourth-order valence-corrected chi connectivity index (χ4v) is 5.10. The van der Waals surface area contributed by atoms with E-state index in [9.17, 15) is 14.0 Å². The second-order valence-electron chi connectivity index (χ2n) is 10.0. The number of halogens is 1. The molecule has 0 aromatic heterocycles. The first-order chi connectivity index (χ1) is 18.5. The summed E-state index contributed by atoms with van der Waals surface area (Å²) in [6.07, 6.45) is 3.71. The number of amides is 2. The van der Waals surface area contributed by atoms with Gasteiger partial charge in [0.15, 0.2) is 0 Å². The Balaban J connectivity index is 1.31. The zero-order valence-corrected chi connectivity index (χ0v) is 21.4. The van der Waals surface area contributed by atoms with E-state index < -0.39 is 0 Å². The Morgan fingerprint density at radius 3 is 1.71 bits per heavy atom. The molecule has 8 heteroatoms. The Bertz CT molecular complexity index is 1180. The molecule has 2 aliphatic heterocycles. The van der Waals surface area contributed by atoms with Crippen molar-refractivity contribution in [1.29, 1.82) is 0 Å². The maximum atomic E-state index is 13.7. The minimum absolute atomic E-state index is 0.0123. The van der Waals surface area contributed by atoms with Gasteiger partial charge in [-0.3, -0.25) is 9.59 Å². The highest BCUT2D eigenvalue weighted by Crippen LogP contribution is 2.24. The summed E-state index contributed by atoms with van der Waals surface area (Å²) in [5.41, 5.74) is 4.42. The Labute approximate surface area is 222 Å². The summed E-state index contributed by atoms with van der Waals surface area (Å²) in [4.78, 5) is 27.3. The largest absolute Gasteiger partial charge is 0.363 e. The first kappa shape index (κ1) is 25.9. The number of rotatable bonds is 9. The smallest absolute Gasteiger partial charge is 0.241 e. The quantitative estimate of drug-likeness (QED) is 0.339. The van der Waals surface area contributed by atoms with Crippen molar-refractivity contribution in [1.82, 2.24) is 10.6 Å². The highest BCUT2D eigenvalue weighted by molar-refractivity contribution is 5.95. The molecule has 2 aliphatic rings.